The number of primary amides is 1. The normalized spacial score (nSPS) is 28.1. The Kier molecular flexibility index (Phi) is 5.28. The predicted molar refractivity (Wildman–Crippen MR) is 103 cm³/mol. The summed E-state index contributed by atoms with van der Waals surface area (Å²) in [4.78, 5) is 17.4. The van der Waals surface area contributed by atoms with Gasteiger partial charge in [-0.15, -0.1) is 0 Å². The second-order valence-corrected chi connectivity index (χ2v) is 7.67. The summed E-state index contributed by atoms with van der Waals surface area (Å²) in [7, 11) is 0. The molecule has 0 radical (unpaired) electrons. The summed E-state index contributed by atoms with van der Waals surface area (Å²) >= 11 is 0. The van der Waals surface area contributed by atoms with Crippen LogP contribution >= 0.6 is 0 Å². The summed E-state index contributed by atoms with van der Waals surface area (Å²) in [6.07, 6.45) is 7.84. The van der Waals surface area contributed by atoms with Crippen LogP contribution in [-0.2, 0) is 16.5 Å². The van der Waals surface area contributed by atoms with E-state index in [-0.39, 0.29) is 11.7 Å². The zero-order chi connectivity index (χ0) is 22.2. The highest BCUT2D eigenvalue weighted by molar-refractivity contribution is 5.81. The summed E-state index contributed by atoms with van der Waals surface area (Å²) in [6.45, 7) is 0. The van der Waals surface area contributed by atoms with E-state index in [0.717, 1.165) is 6.42 Å². The van der Waals surface area contributed by atoms with E-state index in [9.17, 15) is 22.4 Å². The Morgan fingerprint density at radius 1 is 1.23 bits per heavy atom. The molecule has 7 nitrogen and oxygen atoms in total. The molecule has 4 atom stereocenters. The number of pyridine rings is 1. The standard InChI is InChI=1S/C20H20F4N6O/c21-15-10-12(20(22,23)24)11-26-18(15)29-16-6-3-5-13(16)19(30-27-8-9-28-30)7-2-1-4-14(19)17(25)31/h1-2,4,7-11,13-14,16H,3,5-6H2,(H2,25,31)(H,26,29)/t13-,14?,16-,19?/m0/s1. The molecule has 3 N–H and O–H groups in total. The van der Waals surface area contributed by atoms with Crippen molar-refractivity contribution in [1.82, 2.24) is 20.0 Å². The topological polar surface area (TPSA) is 98.7 Å². The van der Waals surface area contributed by atoms with E-state index in [1.54, 1.807) is 18.2 Å². The minimum absolute atomic E-state index is 0.278. The fourth-order valence-corrected chi connectivity index (χ4v) is 4.64. The Bertz CT molecular complexity index is 1020. The van der Waals surface area contributed by atoms with Crippen LogP contribution in [0.25, 0.3) is 0 Å². The van der Waals surface area contributed by atoms with E-state index < -0.39 is 41.0 Å². The number of allylic oxidation sites excluding steroid dienone is 3. The monoisotopic (exact) mass is 436 g/mol. The van der Waals surface area contributed by atoms with Gasteiger partial charge in [0, 0.05) is 18.2 Å². The molecule has 0 bridgehead atoms. The summed E-state index contributed by atoms with van der Waals surface area (Å²) < 4.78 is 52.9. The van der Waals surface area contributed by atoms with Gasteiger partial charge in [-0.2, -0.15) is 28.2 Å². The first kappa shape index (κ1) is 21.0. The molecule has 0 aliphatic heterocycles. The number of nitrogens with zero attached hydrogens (tertiary/aromatic N) is 4. The van der Waals surface area contributed by atoms with E-state index in [1.807, 2.05) is 6.08 Å². The molecule has 0 spiro atoms. The zero-order valence-corrected chi connectivity index (χ0v) is 16.3. The van der Waals surface area contributed by atoms with Crippen LogP contribution in [0, 0.1) is 17.7 Å². The second-order valence-electron chi connectivity index (χ2n) is 7.67. The van der Waals surface area contributed by atoms with Crippen LogP contribution in [0.4, 0.5) is 23.4 Å². The molecular weight excluding hydrogens is 416 g/mol. The fraction of sp³-hybridized carbons (Fsp3) is 0.400. The number of nitrogens with one attached hydrogen (secondary N) is 1. The third-order valence-electron chi connectivity index (χ3n) is 5.95. The van der Waals surface area contributed by atoms with Gasteiger partial charge in [-0.1, -0.05) is 30.7 Å². The van der Waals surface area contributed by atoms with Crippen LogP contribution in [0.5, 0.6) is 0 Å². The molecule has 2 aliphatic carbocycles. The van der Waals surface area contributed by atoms with Crippen LogP contribution in [0.15, 0.2) is 49.0 Å². The van der Waals surface area contributed by atoms with Crippen molar-refractivity contribution >= 4 is 11.7 Å². The van der Waals surface area contributed by atoms with Crippen molar-refractivity contribution in [1.29, 1.82) is 0 Å². The molecule has 4 rings (SSSR count). The number of hydrogen-bond donors (Lipinski definition) is 2. The first-order valence-electron chi connectivity index (χ1n) is 9.75. The van der Waals surface area contributed by atoms with Crippen molar-refractivity contribution in [3.05, 3.63) is 60.3 Å². The maximum atomic E-state index is 14.4. The largest absolute Gasteiger partial charge is 0.417 e. The Morgan fingerprint density at radius 2 is 1.97 bits per heavy atom. The van der Waals surface area contributed by atoms with E-state index in [2.05, 4.69) is 20.5 Å². The van der Waals surface area contributed by atoms with Gasteiger partial charge in [-0.3, -0.25) is 4.79 Å². The Hall–Kier alpha value is -3.24. The van der Waals surface area contributed by atoms with Gasteiger partial charge < -0.3 is 11.1 Å². The van der Waals surface area contributed by atoms with Crippen molar-refractivity contribution in [2.75, 3.05) is 5.32 Å². The van der Waals surface area contributed by atoms with Crippen LogP contribution in [0.1, 0.15) is 24.8 Å². The smallest absolute Gasteiger partial charge is 0.369 e. The van der Waals surface area contributed by atoms with Crippen molar-refractivity contribution in [2.45, 2.75) is 37.0 Å². The first-order chi connectivity index (χ1) is 14.7. The molecular formula is C20H20F4N6O. The van der Waals surface area contributed by atoms with E-state index >= 15 is 0 Å². The summed E-state index contributed by atoms with van der Waals surface area (Å²) in [6, 6.07) is 0.0160. The highest BCUT2D eigenvalue weighted by Crippen LogP contribution is 2.47. The van der Waals surface area contributed by atoms with Crippen molar-refractivity contribution in [3.8, 4) is 0 Å². The number of amides is 1. The lowest BCUT2D eigenvalue weighted by atomic mass is 9.69. The molecule has 2 heterocycles. The summed E-state index contributed by atoms with van der Waals surface area (Å²) in [5.74, 6) is -3.01. The maximum absolute atomic E-state index is 14.4. The molecule has 2 unspecified atom stereocenters. The molecule has 2 aromatic rings. The van der Waals surface area contributed by atoms with E-state index in [1.165, 1.54) is 17.2 Å². The third kappa shape index (κ3) is 3.68. The molecule has 1 fully saturated rings. The number of aromatic nitrogens is 4. The number of carbonyl (C=O) groups excluding carboxylic acids is 1. The Balaban J connectivity index is 1.70. The number of alkyl halides is 3. The molecule has 164 valence electrons. The lowest BCUT2D eigenvalue weighted by Gasteiger charge is -2.43. The molecule has 2 aliphatic rings. The number of halogens is 4. The predicted octanol–water partition coefficient (Wildman–Crippen LogP) is 3.03. The molecule has 0 aromatic carbocycles. The van der Waals surface area contributed by atoms with Gasteiger partial charge in [0.25, 0.3) is 0 Å². The number of nitrogens with two attached hydrogens (primary N) is 1. The van der Waals surface area contributed by atoms with E-state index in [4.69, 9.17) is 5.73 Å². The van der Waals surface area contributed by atoms with Gasteiger partial charge in [-0.05, 0) is 18.9 Å². The first-order valence-corrected chi connectivity index (χ1v) is 9.75. The van der Waals surface area contributed by atoms with Gasteiger partial charge in [0.2, 0.25) is 5.91 Å². The number of hydrogen-bond acceptors (Lipinski definition) is 5. The Labute approximate surface area is 175 Å². The number of carbonyl (C=O) groups is 1. The van der Waals surface area contributed by atoms with Gasteiger partial charge in [0.15, 0.2) is 11.6 Å². The SMILES string of the molecule is NC(=O)C1C=CC=CC1([C@H]1CCC[C@@H]1Nc1ncc(C(F)(F)F)cc1F)n1nccn1. The summed E-state index contributed by atoms with van der Waals surface area (Å²) in [5.41, 5.74) is 3.50. The fourth-order valence-electron chi connectivity index (χ4n) is 4.64. The maximum Gasteiger partial charge on any atom is 0.417 e. The van der Waals surface area contributed by atoms with Crippen molar-refractivity contribution in [3.63, 3.8) is 0 Å². The van der Waals surface area contributed by atoms with Crippen molar-refractivity contribution in [2.24, 2.45) is 17.6 Å². The molecule has 31 heavy (non-hydrogen) atoms. The van der Waals surface area contributed by atoms with Gasteiger partial charge in [-0.25, -0.2) is 9.37 Å². The second kappa shape index (κ2) is 7.78. The van der Waals surface area contributed by atoms with Crippen LogP contribution in [0.3, 0.4) is 0 Å². The van der Waals surface area contributed by atoms with Crippen LogP contribution < -0.4 is 11.1 Å². The van der Waals surface area contributed by atoms with Gasteiger partial charge >= 0.3 is 6.18 Å². The minimum atomic E-state index is -4.69. The number of rotatable bonds is 5. The zero-order valence-electron chi connectivity index (χ0n) is 16.3. The van der Waals surface area contributed by atoms with E-state index in [0.29, 0.717) is 25.1 Å². The lowest BCUT2D eigenvalue weighted by molar-refractivity contribution is -0.138. The summed E-state index contributed by atoms with van der Waals surface area (Å²) in [5, 5.41) is 11.5. The number of anilines is 1. The van der Waals surface area contributed by atoms with Gasteiger partial charge in [0.05, 0.1) is 23.9 Å². The minimum Gasteiger partial charge on any atom is -0.369 e. The lowest BCUT2D eigenvalue weighted by Crippen LogP contribution is -2.55. The quantitative estimate of drug-likeness (QED) is 0.702. The molecule has 11 heteroatoms. The average molecular weight is 436 g/mol. The molecule has 1 saturated carbocycles. The average Bonchev–Trinajstić information content (AvgIpc) is 3.41. The van der Waals surface area contributed by atoms with Crippen LogP contribution in [0.2, 0.25) is 0 Å². The van der Waals surface area contributed by atoms with Crippen LogP contribution in [-0.4, -0.2) is 31.9 Å². The third-order valence-corrected chi connectivity index (χ3v) is 5.95. The van der Waals surface area contributed by atoms with Crippen molar-refractivity contribution < 1.29 is 22.4 Å². The highest BCUT2D eigenvalue weighted by atomic mass is 19.4. The molecule has 2 aromatic heterocycles. The highest BCUT2D eigenvalue weighted by Gasteiger charge is 2.53. The molecule has 1 amide bonds. The van der Waals surface area contributed by atoms with Gasteiger partial charge in [0.1, 0.15) is 5.54 Å². The Morgan fingerprint density at radius 3 is 2.61 bits per heavy atom. The molecule has 0 saturated heterocycles.